The van der Waals surface area contributed by atoms with E-state index in [1.165, 1.54) is 37.6 Å². The second kappa shape index (κ2) is 13.3. The van der Waals surface area contributed by atoms with Crippen molar-refractivity contribution in [1.29, 1.82) is 0 Å². The molecule has 15 heteroatoms. The van der Waals surface area contributed by atoms with Gasteiger partial charge in [0.2, 0.25) is 12.2 Å². The first-order chi connectivity index (χ1) is 18.0. The molecule has 11 atom stereocenters. The van der Waals surface area contributed by atoms with Crippen molar-refractivity contribution in [3.63, 3.8) is 0 Å². The van der Waals surface area contributed by atoms with Crippen LogP contribution in [0.2, 0.25) is 0 Å². The van der Waals surface area contributed by atoms with E-state index in [-0.39, 0.29) is 56.6 Å². The minimum absolute atomic E-state index is 0. The van der Waals surface area contributed by atoms with Gasteiger partial charge in [-0.25, -0.2) is 0 Å². The summed E-state index contributed by atoms with van der Waals surface area (Å²) in [7, 11) is 0. The van der Waals surface area contributed by atoms with Crippen LogP contribution in [0.4, 0.5) is 0 Å². The van der Waals surface area contributed by atoms with E-state index in [1.54, 1.807) is 6.92 Å². The number of aliphatic hydroxyl groups excluding tert-OH is 5. The largest absolute Gasteiger partial charge is 3.00 e. The number of hydrogen-bond donors (Lipinski definition) is 8. The first-order valence-electron chi connectivity index (χ1n) is 11.9. The van der Waals surface area contributed by atoms with Gasteiger partial charge in [0.25, 0.3) is 0 Å². The molecule has 39 heavy (non-hydrogen) atoms. The van der Waals surface area contributed by atoms with Crippen LogP contribution in [0.5, 0.6) is 11.5 Å². The van der Waals surface area contributed by atoms with E-state index in [2.05, 4.69) is 10.6 Å². The van der Waals surface area contributed by atoms with Crippen molar-refractivity contribution in [2.75, 3.05) is 6.79 Å². The van der Waals surface area contributed by atoms with Gasteiger partial charge in [-0.15, -0.1) is 0 Å². The number of carbonyl (C=O) groups is 1. The van der Waals surface area contributed by atoms with Crippen molar-refractivity contribution in [3.8, 4) is 11.5 Å². The topological polar surface area (TPSA) is 216 Å². The molecule has 2 aliphatic heterocycles. The van der Waals surface area contributed by atoms with Gasteiger partial charge in [-0.05, 0) is 37.6 Å². The van der Waals surface area contributed by atoms with Crippen LogP contribution in [0.3, 0.4) is 0 Å². The zero-order valence-corrected chi connectivity index (χ0v) is 23.9. The van der Waals surface area contributed by atoms with Gasteiger partial charge in [-0.3, -0.25) is 4.79 Å². The van der Waals surface area contributed by atoms with Gasteiger partial charge in [0.1, 0.15) is 55.6 Å². The number of hydrogen-bond acceptors (Lipinski definition) is 12. The van der Waals surface area contributed by atoms with E-state index in [0.29, 0.717) is 5.56 Å². The Kier molecular flexibility index (Phi) is 10.8. The number of nitrogens with one attached hydrogen (secondary N) is 2. The fourth-order valence-corrected chi connectivity index (χ4v) is 4.74. The third-order valence-electron chi connectivity index (χ3n) is 6.91. The molecule has 0 radical (unpaired) electrons. The van der Waals surface area contributed by atoms with Gasteiger partial charge >= 0.3 is 32.7 Å². The van der Waals surface area contributed by atoms with Crippen molar-refractivity contribution >= 4 is 18.4 Å². The Morgan fingerprint density at radius 3 is 2.38 bits per heavy atom. The smallest absolute Gasteiger partial charge is 0.525 e. The Morgan fingerprint density at radius 1 is 1.08 bits per heavy atom. The van der Waals surface area contributed by atoms with Gasteiger partial charge in [-0.1, -0.05) is 6.07 Å². The summed E-state index contributed by atoms with van der Waals surface area (Å²) in [5.41, 5.74) is 0.552. The number of carbonyl (C=O) groups excluding carboxylic acids is 2. The Bertz CT molecular complexity index is 1060. The summed E-state index contributed by atoms with van der Waals surface area (Å²) in [5.74, 6) is -1.06. The van der Waals surface area contributed by atoms with Crippen molar-refractivity contribution in [3.05, 3.63) is 29.3 Å². The molecule has 1 saturated carbocycles. The molecule has 2 amide bonds. The van der Waals surface area contributed by atoms with Gasteiger partial charge < -0.3 is 65.0 Å². The van der Waals surface area contributed by atoms with Crippen molar-refractivity contribution in [2.24, 2.45) is 0 Å². The van der Waals surface area contributed by atoms with Crippen LogP contribution in [0.1, 0.15) is 19.4 Å². The van der Waals surface area contributed by atoms with Crippen LogP contribution in [0.25, 0.3) is 6.08 Å². The molecule has 3 fully saturated rings. The number of rotatable bonds is 8. The first kappa shape index (κ1) is 31.8. The Balaban J connectivity index is 0.00000420. The number of ether oxygens (including phenoxy) is 4. The molecular weight excluding hydrogens is 597 g/mol. The number of aliphatic hydroxyl groups is 5. The fourth-order valence-electron chi connectivity index (χ4n) is 4.74. The molecule has 1 aliphatic carbocycles. The van der Waals surface area contributed by atoms with Gasteiger partial charge in [0, 0.05) is 11.6 Å². The molecule has 1 aromatic carbocycles. The summed E-state index contributed by atoms with van der Waals surface area (Å²) in [5, 5.41) is 66.8. The number of amides is 2. The van der Waals surface area contributed by atoms with Crippen molar-refractivity contribution in [2.45, 2.75) is 81.1 Å². The third kappa shape index (κ3) is 6.62. The minimum Gasteiger partial charge on any atom is -0.525 e. The Labute approximate surface area is 248 Å². The number of benzene rings is 1. The molecule has 8 N–H and O–H groups in total. The van der Waals surface area contributed by atoms with Crippen LogP contribution < -0.4 is 15.4 Å². The van der Waals surface area contributed by atoms with E-state index >= 15 is 0 Å². The average Bonchev–Trinajstić information content (AvgIpc) is 3.48. The normalized spacial score (nSPS) is 36.8. The molecule has 14 nitrogen and oxygen atoms in total. The molecule has 1 aromatic rings. The summed E-state index contributed by atoms with van der Waals surface area (Å²) < 4.78 is 21.5. The van der Waals surface area contributed by atoms with E-state index in [4.69, 9.17) is 18.9 Å². The Hall–Kier alpha value is -1.72. The first-order valence-corrected chi connectivity index (χ1v) is 11.9. The fraction of sp³-hybridized carbons (Fsp3) is 0.583. The zero-order chi connectivity index (χ0) is 27.7. The summed E-state index contributed by atoms with van der Waals surface area (Å²) >= 11 is 0. The molecule has 0 spiro atoms. The van der Waals surface area contributed by atoms with Crippen molar-refractivity contribution in [1.82, 2.24) is 10.6 Å². The maximum Gasteiger partial charge on any atom is 3.00 e. The van der Waals surface area contributed by atoms with E-state index in [1.807, 2.05) is 0 Å². The quantitative estimate of drug-likeness (QED) is 0.0821. The van der Waals surface area contributed by atoms with Crippen molar-refractivity contribution < 1.29 is 91.9 Å². The molecule has 11 unspecified atom stereocenters. The minimum atomic E-state index is -1.49. The summed E-state index contributed by atoms with van der Waals surface area (Å²) in [6.07, 6.45) is -8.20. The molecule has 0 bridgehead atoms. The van der Waals surface area contributed by atoms with Crippen LogP contribution in [-0.2, 0) is 56.5 Å². The third-order valence-corrected chi connectivity index (χ3v) is 6.91. The summed E-state index contributed by atoms with van der Waals surface area (Å²) in [4.78, 5) is 23.3. The van der Waals surface area contributed by atoms with Gasteiger partial charge in [0.05, 0.1) is 6.04 Å². The second-order valence-electron chi connectivity index (χ2n) is 9.51. The van der Waals surface area contributed by atoms with E-state index < -0.39 is 73.1 Å². The standard InChI is InChI=1S/C24H31N2O12.Y/c1-9(23(34)26-14-15(29)17(31)22-21(16(14)30)35-8-36-22)5-11-3-4-13(12(28)6-11)37-24-19(33)18(32)20(38-24)10(2)25-7-27;/h3-6,10,14-22,24,28-33H,8H2,1-2H3,(H,25,27)(H,26,34);/q-1;+3/b9-5+;. The average molecular weight is 628 g/mol. The summed E-state index contributed by atoms with van der Waals surface area (Å²) in [6, 6.07) is 2.28. The van der Waals surface area contributed by atoms with E-state index in [9.17, 15) is 40.2 Å². The Morgan fingerprint density at radius 2 is 1.74 bits per heavy atom. The molecule has 4 rings (SSSR count). The SMILES string of the molecule is C/C(=C\c1ccc(OC2OC(C(C)N[C-]=O)C(O)C2O)c(O)c1)C(=O)NC1C(O)C(O)C2OCOC2C1O.[Y+3]. The maximum absolute atomic E-state index is 12.7. The predicted octanol–water partition coefficient (Wildman–Crippen LogP) is -3.01. The maximum atomic E-state index is 12.7. The number of phenolic OH excluding ortho intramolecular Hbond substituents is 1. The van der Waals surface area contributed by atoms with E-state index in [0.717, 1.165) is 0 Å². The second-order valence-corrected chi connectivity index (χ2v) is 9.51. The number of aromatic hydroxyl groups is 1. The molecule has 0 aromatic heterocycles. The number of phenols is 1. The monoisotopic (exact) mass is 628 g/mol. The zero-order valence-electron chi connectivity index (χ0n) is 21.1. The van der Waals surface area contributed by atoms with Gasteiger partial charge in [-0.2, -0.15) is 6.41 Å². The molecule has 3 aliphatic rings. The molecule has 2 saturated heterocycles. The van der Waals surface area contributed by atoms with Crippen LogP contribution in [0, 0.1) is 0 Å². The van der Waals surface area contributed by atoms with Crippen LogP contribution in [-0.4, -0.2) is 117 Å². The van der Waals surface area contributed by atoms with Gasteiger partial charge in [0.15, 0.2) is 11.5 Å². The predicted molar refractivity (Wildman–Crippen MR) is 126 cm³/mol. The molecular formula is C24H31N2O12Y+2. The van der Waals surface area contributed by atoms with Crippen LogP contribution in [0.15, 0.2) is 23.8 Å². The van der Waals surface area contributed by atoms with Crippen LogP contribution >= 0.6 is 0 Å². The molecule has 2 heterocycles. The molecule has 210 valence electrons. The number of fused-ring (bicyclic) bond motifs is 1. The summed E-state index contributed by atoms with van der Waals surface area (Å²) in [6.45, 7) is 2.88.